The van der Waals surface area contributed by atoms with E-state index < -0.39 is 0 Å². The lowest BCUT2D eigenvalue weighted by Gasteiger charge is -2.32. The number of piperidine rings is 1. The fraction of sp³-hybridized carbons (Fsp3) is 0.435. The third kappa shape index (κ3) is 5.41. The van der Waals surface area contributed by atoms with Crippen molar-refractivity contribution in [3.8, 4) is 0 Å². The summed E-state index contributed by atoms with van der Waals surface area (Å²) in [5.41, 5.74) is 1.91. The van der Waals surface area contributed by atoms with Gasteiger partial charge in [0.1, 0.15) is 0 Å². The van der Waals surface area contributed by atoms with E-state index in [-0.39, 0.29) is 17.4 Å². The lowest BCUT2D eigenvalue weighted by molar-refractivity contribution is 0.0690. The number of pyridine rings is 1. The van der Waals surface area contributed by atoms with E-state index in [0.717, 1.165) is 32.4 Å². The Kier molecular flexibility index (Phi) is 6.12. The van der Waals surface area contributed by atoms with Crippen LogP contribution in [0, 0.1) is 5.92 Å². The molecule has 0 aliphatic carbocycles. The van der Waals surface area contributed by atoms with Crippen LogP contribution in [0.5, 0.6) is 0 Å². The number of nitrogens with zero attached hydrogens (tertiary/aromatic N) is 2. The van der Waals surface area contributed by atoms with E-state index in [4.69, 9.17) is 0 Å². The fourth-order valence-corrected chi connectivity index (χ4v) is 3.56. The van der Waals surface area contributed by atoms with Crippen molar-refractivity contribution in [2.75, 3.05) is 13.1 Å². The monoisotopic (exact) mass is 379 g/mol. The Morgan fingerprint density at radius 1 is 1.07 bits per heavy atom. The van der Waals surface area contributed by atoms with Gasteiger partial charge in [-0.15, -0.1) is 0 Å². The van der Waals surface area contributed by atoms with Gasteiger partial charge in [0.05, 0.1) is 11.1 Å². The minimum atomic E-state index is -0.336. The topological polar surface area (TPSA) is 62.3 Å². The third-order valence-electron chi connectivity index (χ3n) is 5.00. The predicted molar refractivity (Wildman–Crippen MR) is 110 cm³/mol. The normalized spacial score (nSPS) is 15.3. The van der Waals surface area contributed by atoms with Gasteiger partial charge in [0, 0.05) is 31.0 Å². The van der Waals surface area contributed by atoms with Crippen LogP contribution in [0.4, 0.5) is 0 Å². The lowest BCUT2D eigenvalue weighted by Crippen LogP contribution is -2.41. The molecule has 2 heterocycles. The minimum Gasteiger partial charge on any atom is -0.347 e. The van der Waals surface area contributed by atoms with Crippen molar-refractivity contribution >= 4 is 11.8 Å². The van der Waals surface area contributed by atoms with Gasteiger partial charge >= 0.3 is 0 Å². The second kappa shape index (κ2) is 8.55. The number of carbonyl (C=O) groups is 2. The standard InChI is InChI=1S/C23H29N3O2/c1-23(2,3)25-21(27)19-14-20(16-24-15-19)22(28)26-11-9-18(10-12-26)13-17-7-5-4-6-8-17/h4-8,14-16,18H,9-13H2,1-3H3,(H,25,27). The van der Waals surface area contributed by atoms with Crippen molar-refractivity contribution in [1.82, 2.24) is 15.2 Å². The summed E-state index contributed by atoms with van der Waals surface area (Å²) in [4.78, 5) is 31.2. The molecule has 0 spiro atoms. The SMILES string of the molecule is CC(C)(C)NC(=O)c1cncc(C(=O)N2CCC(Cc3ccccc3)CC2)c1. The second-order valence-corrected chi connectivity index (χ2v) is 8.59. The Labute approximate surface area is 167 Å². The van der Waals surface area contributed by atoms with Crippen LogP contribution >= 0.6 is 0 Å². The van der Waals surface area contributed by atoms with Gasteiger partial charge < -0.3 is 10.2 Å². The number of hydrogen-bond donors (Lipinski definition) is 1. The highest BCUT2D eigenvalue weighted by atomic mass is 16.2. The number of hydrogen-bond acceptors (Lipinski definition) is 3. The molecule has 5 heteroatoms. The van der Waals surface area contributed by atoms with Gasteiger partial charge in [0.15, 0.2) is 0 Å². The van der Waals surface area contributed by atoms with Gasteiger partial charge in [-0.1, -0.05) is 30.3 Å². The average Bonchev–Trinajstić information content (AvgIpc) is 2.68. The van der Waals surface area contributed by atoms with Crippen molar-refractivity contribution in [2.45, 2.75) is 45.6 Å². The molecule has 1 aliphatic rings. The molecule has 2 amide bonds. The molecule has 1 aromatic heterocycles. The van der Waals surface area contributed by atoms with E-state index in [1.807, 2.05) is 31.7 Å². The smallest absolute Gasteiger partial charge is 0.255 e. The molecule has 0 bridgehead atoms. The van der Waals surface area contributed by atoms with Crippen molar-refractivity contribution in [3.63, 3.8) is 0 Å². The molecule has 3 rings (SSSR count). The first-order chi connectivity index (χ1) is 13.3. The molecular formula is C23H29N3O2. The van der Waals surface area contributed by atoms with Crippen LogP contribution in [0.2, 0.25) is 0 Å². The Bertz CT molecular complexity index is 819. The number of likely N-dealkylation sites (tertiary alicyclic amines) is 1. The molecule has 1 aliphatic heterocycles. The maximum absolute atomic E-state index is 12.9. The van der Waals surface area contributed by atoms with Crippen LogP contribution in [0.25, 0.3) is 0 Å². The highest BCUT2D eigenvalue weighted by Gasteiger charge is 2.25. The summed E-state index contributed by atoms with van der Waals surface area (Å²) in [6.45, 7) is 7.26. The first-order valence-electron chi connectivity index (χ1n) is 9.92. The molecule has 1 saturated heterocycles. The second-order valence-electron chi connectivity index (χ2n) is 8.59. The summed E-state index contributed by atoms with van der Waals surface area (Å²) in [5.74, 6) is 0.348. The summed E-state index contributed by atoms with van der Waals surface area (Å²) in [7, 11) is 0. The number of nitrogens with one attached hydrogen (secondary N) is 1. The zero-order chi connectivity index (χ0) is 20.1. The summed E-state index contributed by atoms with van der Waals surface area (Å²) in [5, 5.41) is 2.91. The first-order valence-corrected chi connectivity index (χ1v) is 9.92. The zero-order valence-electron chi connectivity index (χ0n) is 16.9. The average molecular weight is 380 g/mol. The molecule has 148 valence electrons. The summed E-state index contributed by atoms with van der Waals surface area (Å²) in [6, 6.07) is 12.2. The van der Waals surface area contributed by atoms with Crippen LogP contribution in [-0.2, 0) is 6.42 Å². The van der Waals surface area contributed by atoms with Crippen LogP contribution in [0.3, 0.4) is 0 Å². The molecule has 0 atom stereocenters. The molecule has 0 unspecified atom stereocenters. The van der Waals surface area contributed by atoms with E-state index in [1.54, 1.807) is 12.3 Å². The molecule has 0 radical (unpaired) electrons. The minimum absolute atomic E-state index is 0.0453. The van der Waals surface area contributed by atoms with Gasteiger partial charge in [0.25, 0.3) is 11.8 Å². The predicted octanol–water partition coefficient (Wildman–Crippen LogP) is 3.70. The molecular weight excluding hydrogens is 350 g/mol. The largest absolute Gasteiger partial charge is 0.347 e. The number of carbonyl (C=O) groups excluding carboxylic acids is 2. The van der Waals surface area contributed by atoms with Gasteiger partial charge in [-0.25, -0.2) is 0 Å². The van der Waals surface area contributed by atoms with Crippen molar-refractivity contribution in [3.05, 3.63) is 65.5 Å². The van der Waals surface area contributed by atoms with E-state index in [0.29, 0.717) is 17.0 Å². The Hall–Kier alpha value is -2.69. The van der Waals surface area contributed by atoms with Crippen molar-refractivity contribution in [1.29, 1.82) is 0 Å². The van der Waals surface area contributed by atoms with E-state index in [9.17, 15) is 9.59 Å². The maximum Gasteiger partial charge on any atom is 0.255 e. The van der Waals surface area contributed by atoms with Crippen molar-refractivity contribution in [2.24, 2.45) is 5.92 Å². The molecule has 1 fully saturated rings. The molecule has 5 nitrogen and oxygen atoms in total. The summed E-state index contributed by atoms with van der Waals surface area (Å²) < 4.78 is 0. The van der Waals surface area contributed by atoms with E-state index >= 15 is 0 Å². The summed E-state index contributed by atoms with van der Waals surface area (Å²) >= 11 is 0. The molecule has 1 aromatic carbocycles. The number of aromatic nitrogens is 1. The van der Waals surface area contributed by atoms with Gasteiger partial charge in [-0.05, 0) is 57.6 Å². The molecule has 0 saturated carbocycles. The number of rotatable bonds is 4. The molecule has 1 N–H and O–H groups in total. The van der Waals surface area contributed by atoms with Gasteiger partial charge in [-0.3, -0.25) is 14.6 Å². The Morgan fingerprint density at radius 2 is 1.71 bits per heavy atom. The highest BCUT2D eigenvalue weighted by Crippen LogP contribution is 2.23. The van der Waals surface area contributed by atoms with Crippen LogP contribution in [-0.4, -0.2) is 40.3 Å². The highest BCUT2D eigenvalue weighted by molar-refractivity contribution is 5.99. The Balaban J connectivity index is 1.59. The van der Waals surface area contributed by atoms with Gasteiger partial charge in [0.2, 0.25) is 0 Å². The van der Waals surface area contributed by atoms with E-state index in [1.165, 1.54) is 11.8 Å². The summed E-state index contributed by atoms with van der Waals surface area (Å²) in [6.07, 6.45) is 6.11. The van der Waals surface area contributed by atoms with E-state index in [2.05, 4.69) is 34.6 Å². The number of amides is 2. The van der Waals surface area contributed by atoms with Crippen LogP contribution in [0.15, 0.2) is 48.8 Å². The molecule has 28 heavy (non-hydrogen) atoms. The zero-order valence-corrected chi connectivity index (χ0v) is 16.9. The molecule has 2 aromatic rings. The van der Waals surface area contributed by atoms with Gasteiger partial charge in [-0.2, -0.15) is 0 Å². The number of benzene rings is 1. The maximum atomic E-state index is 12.9. The lowest BCUT2D eigenvalue weighted by atomic mass is 9.90. The van der Waals surface area contributed by atoms with Crippen LogP contribution < -0.4 is 5.32 Å². The quantitative estimate of drug-likeness (QED) is 0.881. The third-order valence-corrected chi connectivity index (χ3v) is 5.00. The van der Waals surface area contributed by atoms with Crippen molar-refractivity contribution < 1.29 is 9.59 Å². The Morgan fingerprint density at radius 3 is 2.36 bits per heavy atom. The fourth-order valence-electron chi connectivity index (χ4n) is 3.56. The van der Waals surface area contributed by atoms with Crippen LogP contribution in [0.1, 0.15) is 59.9 Å². The first kappa shape index (κ1) is 20.1.